The molecule has 0 amide bonds. The summed E-state index contributed by atoms with van der Waals surface area (Å²) in [5, 5.41) is 0. The molecule has 4 nitrogen and oxygen atoms in total. The second kappa shape index (κ2) is 4.20. The zero-order valence-electron chi connectivity index (χ0n) is 9.11. The molecule has 0 heterocycles. The van der Waals surface area contributed by atoms with Crippen LogP contribution in [0.4, 0.5) is 5.69 Å². The summed E-state index contributed by atoms with van der Waals surface area (Å²) in [6.07, 6.45) is 0. The van der Waals surface area contributed by atoms with E-state index < -0.39 is 15.7 Å². The molecule has 1 rings (SSSR count). The average Bonchev–Trinajstić information content (AvgIpc) is 1.99. The fourth-order valence-corrected chi connectivity index (χ4v) is 2.39. The van der Waals surface area contributed by atoms with Gasteiger partial charge in [-0.1, -0.05) is 18.2 Å². The van der Waals surface area contributed by atoms with Gasteiger partial charge >= 0.3 is 0 Å². The van der Waals surface area contributed by atoms with E-state index in [0.29, 0.717) is 5.69 Å². The van der Waals surface area contributed by atoms with Gasteiger partial charge in [0.2, 0.25) is 0 Å². The maximum atomic E-state index is 11.6. The van der Waals surface area contributed by atoms with Crippen molar-refractivity contribution in [2.45, 2.75) is 26.3 Å². The summed E-state index contributed by atoms with van der Waals surface area (Å²) in [5.41, 5.74) is 0.0647. The largest absolute Gasteiger partial charge is 0.299 e. The number of anilines is 1. The average molecular weight is 228 g/mol. The van der Waals surface area contributed by atoms with Crippen LogP contribution in [0, 0.1) is 0 Å². The van der Waals surface area contributed by atoms with Crippen LogP contribution in [0.1, 0.15) is 20.8 Å². The summed E-state index contributed by atoms with van der Waals surface area (Å²) in [7, 11) is -3.49. The minimum absolute atomic E-state index is 0.486. The van der Waals surface area contributed by atoms with Crippen LogP contribution in [0.2, 0.25) is 0 Å². The lowest BCUT2D eigenvalue weighted by Gasteiger charge is -2.20. The SMILES string of the molecule is CC(C)(C)NS(=O)(=O)Nc1ccccc1. The van der Waals surface area contributed by atoms with E-state index in [1.54, 1.807) is 45.0 Å². The lowest BCUT2D eigenvalue weighted by Crippen LogP contribution is -2.43. The van der Waals surface area contributed by atoms with Gasteiger partial charge in [-0.05, 0) is 32.9 Å². The van der Waals surface area contributed by atoms with Gasteiger partial charge < -0.3 is 0 Å². The van der Waals surface area contributed by atoms with Crippen LogP contribution in [0.5, 0.6) is 0 Å². The topological polar surface area (TPSA) is 58.2 Å². The number of benzene rings is 1. The fourth-order valence-electron chi connectivity index (χ4n) is 1.09. The highest BCUT2D eigenvalue weighted by atomic mass is 32.2. The number of rotatable bonds is 3. The summed E-state index contributed by atoms with van der Waals surface area (Å²) >= 11 is 0. The van der Waals surface area contributed by atoms with Gasteiger partial charge in [0, 0.05) is 11.2 Å². The molecule has 0 aromatic heterocycles. The Hall–Kier alpha value is -1.07. The third kappa shape index (κ3) is 4.80. The normalized spacial score (nSPS) is 12.5. The van der Waals surface area contributed by atoms with Crippen molar-refractivity contribution in [3.8, 4) is 0 Å². The highest BCUT2D eigenvalue weighted by Crippen LogP contribution is 2.09. The van der Waals surface area contributed by atoms with Crippen molar-refractivity contribution >= 4 is 15.9 Å². The van der Waals surface area contributed by atoms with E-state index in [0.717, 1.165) is 0 Å². The molecule has 2 N–H and O–H groups in total. The Morgan fingerprint density at radius 2 is 1.60 bits per heavy atom. The van der Waals surface area contributed by atoms with E-state index in [1.807, 2.05) is 6.07 Å². The third-order valence-corrected chi connectivity index (χ3v) is 2.85. The van der Waals surface area contributed by atoms with Gasteiger partial charge in [0.25, 0.3) is 10.2 Å². The molecular formula is C10H16N2O2S. The molecule has 0 radical (unpaired) electrons. The Kier molecular flexibility index (Phi) is 3.36. The Labute approximate surface area is 90.9 Å². The molecule has 0 unspecified atom stereocenters. The first-order valence-corrected chi connectivity index (χ1v) is 6.14. The van der Waals surface area contributed by atoms with Crippen molar-refractivity contribution in [2.75, 3.05) is 4.72 Å². The van der Waals surface area contributed by atoms with Crippen LogP contribution in [-0.2, 0) is 10.2 Å². The van der Waals surface area contributed by atoms with Crippen molar-refractivity contribution in [3.05, 3.63) is 30.3 Å². The molecule has 1 aromatic carbocycles. The minimum Gasteiger partial charge on any atom is -0.271 e. The standard InChI is InChI=1S/C10H16N2O2S/c1-10(2,3)12-15(13,14)11-9-7-5-4-6-8-9/h4-8,11-12H,1-3H3. The van der Waals surface area contributed by atoms with Crippen molar-refractivity contribution < 1.29 is 8.42 Å². The Bertz CT molecular complexity index is 407. The first-order valence-electron chi connectivity index (χ1n) is 4.65. The first kappa shape index (κ1) is 12.0. The highest BCUT2D eigenvalue weighted by molar-refractivity contribution is 7.90. The highest BCUT2D eigenvalue weighted by Gasteiger charge is 2.19. The van der Waals surface area contributed by atoms with Crippen LogP contribution in [0.15, 0.2) is 30.3 Å². The van der Waals surface area contributed by atoms with Crippen LogP contribution < -0.4 is 9.44 Å². The van der Waals surface area contributed by atoms with Gasteiger partial charge in [-0.25, -0.2) is 0 Å². The van der Waals surface area contributed by atoms with Crippen LogP contribution in [0.25, 0.3) is 0 Å². The van der Waals surface area contributed by atoms with Crippen molar-refractivity contribution in [2.24, 2.45) is 0 Å². The predicted octanol–water partition coefficient (Wildman–Crippen LogP) is 1.73. The first-order chi connectivity index (χ1) is 6.79. The minimum atomic E-state index is -3.49. The van der Waals surface area contributed by atoms with E-state index in [-0.39, 0.29) is 0 Å². The van der Waals surface area contributed by atoms with E-state index >= 15 is 0 Å². The van der Waals surface area contributed by atoms with Crippen molar-refractivity contribution in [3.63, 3.8) is 0 Å². The number of para-hydroxylation sites is 1. The summed E-state index contributed by atoms with van der Waals surface area (Å²) in [4.78, 5) is 0. The van der Waals surface area contributed by atoms with E-state index in [4.69, 9.17) is 0 Å². The number of nitrogens with one attached hydrogen (secondary N) is 2. The summed E-state index contributed by atoms with van der Waals surface area (Å²) < 4.78 is 28.1. The molecule has 5 heteroatoms. The molecule has 15 heavy (non-hydrogen) atoms. The summed E-state index contributed by atoms with van der Waals surface area (Å²) in [6, 6.07) is 8.77. The van der Waals surface area contributed by atoms with E-state index in [1.165, 1.54) is 0 Å². The molecule has 1 aromatic rings. The molecule has 0 aliphatic heterocycles. The fraction of sp³-hybridized carbons (Fsp3) is 0.400. The molecule has 0 fully saturated rings. The summed E-state index contributed by atoms with van der Waals surface area (Å²) in [6.45, 7) is 5.37. The zero-order valence-corrected chi connectivity index (χ0v) is 9.93. The lowest BCUT2D eigenvalue weighted by molar-refractivity contribution is 0.494. The molecule has 84 valence electrons. The van der Waals surface area contributed by atoms with E-state index in [9.17, 15) is 8.42 Å². The molecule has 0 saturated heterocycles. The lowest BCUT2D eigenvalue weighted by atomic mass is 10.1. The van der Waals surface area contributed by atoms with Crippen LogP contribution >= 0.6 is 0 Å². The smallest absolute Gasteiger partial charge is 0.271 e. The monoisotopic (exact) mass is 228 g/mol. The van der Waals surface area contributed by atoms with Crippen LogP contribution in [0.3, 0.4) is 0 Å². The molecule has 0 bridgehead atoms. The molecule has 0 aliphatic carbocycles. The maximum absolute atomic E-state index is 11.6. The maximum Gasteiger partial charge on any atom is 0.299 e. The van der Waals surface area contributed by atoms with Crippen LogP contribution in [-0.4, -0.2) is 14.0 Å². The van der Waals surface area contributed by atoms with Gasteiger partial charge in [0.1, 0.15) is 0 Å². The quantitative estimate of drug-likeness (QED) is 0.827. The van der Waals surface area contributed by atoms with Gasteiger partial charge in [0.15, 0.2) is 0 Å². The molecule has 0 atom stereocenters. The number of hydrogen-bond acceptors (Lipinski definition) is 2. The predicted molar refractivity (Wildman–Crippen MR) is 61.9 cm³/mol. The zero-order chi connectivity index (χ0) is 11.5. The van der Waals surface area contributed by atoms with E-state index in [2.05, 4.69) is 9.44 Å². The van der Waals surface area contributed by atoms with Gasteiger partial charge in [-0.3, -0.25) is 4.72 Å². The van der Waals surface area contributed by atoms with Crippen molar-refractivity contribution in [1.82, 2.24) is 4.72 Å². The number of hydrogen-bond donors (Lipinski definition) is 2. The second-order valence-corrected chi connectivity index (χ2v) is 5.74. The molecule has 0 saturated carbocycles. The Balaban J connectivity index is 2.74. The molecular weight excluding hydrogens is 212 g/mol. The Morgan fingerprint density at radius 1 is 1.07 bits per heavy atom. The van der Waals surface area contributed by atoms with Gasteiger partial charge in [-0.15, -0.1) is 0 Å². The van der Waals surface area contributed by atoms with Crippen molar-refractivity contribution in [1.29, 1.82) is 0 Å². The Morgan fingerprint density at radius 3 is 2.07 bits per heavy atom. The molecule has 0 aliphatic rings. The molecule has 0 spiro atoms. The third-order valence-electron chi connectivity index (χ3n) is 1.47. The van der Waals surface area contributed by atoms with Gasteiger partial charge in [0.05, 0.1) is 0 Å². The summed E-state index contributed by atoms with van der Waals surface area (Å²) in [5.74, 6) is 0. The van der Waals surface area contributed by atoms with Gasteiger partial charge in [-0.2, -0.15) is 13.1 Å². The second-order valence-electron chi connectivity index (χ2n) is 4.32.